The predicted molar refractivity (Wildman–Crippen MR) is 92.3 cm³/mol. The van der Waals surface area contributed by atoms with Gasteiger partial charge in [-0.15, -0.1) is 5.10 Å². The summed E-state index contributed by atoms with van der Waals surface area (Å²) < 4.78 is 28.8. The van der Waals surface area contributed by atoms with Gasteiger partial charge in [0.2, 0.25) is 15.2 Å². The van der Waals surface area contributed by atoms with Crippen molar-refractivity contribution in [2.24, 2.45) is 0 Å². The first-order valence-corrected chi connectivity index (χ1v) is 10.6. The standard InChI is InChI=1S/C15H21N5O2S2/c21-24(22,14-9-5-2-6-10-14)16-11-12-23-15-17-18-19-20(15)13-7-3-1-4-8-13/h2,5-6,9-10,13,16H,1,3-4,7-8,11-12H2. The molecule has 1 aliphatic rings. The maximum atomic E-state index is 12.1. The van der Waals surface area contributed by atoms with Crippen LogP contribution in [0, 0.1) is 0 Å². The monoisotopic (exact) mass is 367 g/mol. The Labute approximate surface area is 146 Å². The lowest BCUT2D eigenvalue weighted by molar-refractivity contribution is 0.307. The number of hydrogen-bond acceptors (Lipinski definition) is 6. The summed E-state index contributed by atoms with van der Waals surface area (Å²) in [6.07, 6.45) is 5.93. The molecule has 24 heavy (non-hydrogen) atoms. The molecule has 9 heteroatoms. The maximum absolute atomic E-state index is 12.1. The van der Waals surface area contributed by atoms with Gasteiger partial charge in [0.25, 0.3) is 0 Å². The number of rotatable bonds is 7. The summed E-state index contributed by atoms with van der Waals surface area (Å²) in [5.74, 6) is 0.582. The van der Waals surface area contributed by atoms with Crippen molar-refractivity contribution in [1.82, 2.24) is 24.9 Å². The molecule has 1 heterocycles. The topological polar surface area (TPSA) is 89.8 Å². The fourth-order valence-electron chi connectivity index (χ4n) is 2.84. The molecule has 2 aromatic rings. The van der Waals surface area contributed by atoms with Gasteiger partial charge in [0.1, 0.15) is 0 Å². The van der Waals surface area contributed by atoms with Crippen LogP contribution < -0.4 is 4.72 Å². The summed E-state index contributed by atoms with van der Waals surface area (Å²) in [7, 11) is -3.45. The summed E-state index contributed by atoms with van der Waals surface area (Å²) in [5, 5.41) is 12.7. The summed E-state index contributed by atoms with van der Waals surface area (Å²) in [6, 6.07) is 8.75. The van der Waals surface area contributed by atoms with Crippen LogP contribution in [0.4, 0.5) is 0 Å². The smallest absolute Gasteiger partial charge is 0.217 e. The molecule has 7 nitrogen and oxygen atoms in total. The molecule has 0 saturated heterocycles. The van der Waals surface area contributed by atoms with E-state index in [0.29, 0.717) is 18.3 Å². The molecular weight excluding hydrogens is 346 g/mol. The van der Waals surface area contributed by atoms with Crippen LogP contribution in [0.25, 0.3) is 0 Å². The summed E-state index contributed by atoms with van der Waals surface area (Å²) >= 11 is 1.48. The van der Waals surface area contributed by atoms with Crippen molar-refractivity contribution in [1.29, 1.82) is 0 Å². The largest absolute Gasteiger partial charge is 0.240 e. The number of sulfonamides is 1. The second-order valence-electron chi connectivity index (χ2n) is 5.76. The second-order valence-corrected chi connectivity index (χ2v) is 8.59. The quantitative estimate of drug-likeness (QED) is 0.596. The van der Waals surface area contributed by atoms with Gasteiger partial charge in [-0.25, -0.2) is 17.8 Å². The second kappa shape index (κ2) is 8.09. The Bertz CT molecular complexity index is 742. The minimum Gasteiger partial charge on any atom is -0.217 e. The van der Waals surface area contributed by atoms with Gasteiger partial charge in [-0.05, 0) is 35.4 Å². The highest BCUT2D eigenvalue weighted by molar-refractivity contribution is 7.99. The molecular formula is C15H21N5O2S2. The highest BCUT2D eigenvalue weighted by Crippen LogP contribution is 2.30. The third-order valence-electron chi connectivity index (χ3n) is 4.06. The average molecular weight is 368 g/mol. The van der Waals surface area contributed by atoms with Gasteiger partial charge in [-0.1, -0.05) is 49.2 Å². The SMILES string of the molecule is O=S(=O)(NCCSc1nnnn1C1CCCCC1)c1ccccc1. The molecule has 0 aliphatic heterocycles. The van der Waals surface area contributed by atoms with Crippen LogP contribution in [0.1, 0.15) is 38.1 Å². The van der Waals surface area contributed by atoms with E-state index in [1.54, 1.807) is 30.3 Å². The van der Waals surface area contributed by atoms with Gasteiger partial charge < -0.3 is 0 Å². The molecule has 0 spiro atoms. The molecule has 1 N–H and O–H groups in total. The molecule has 0 bridgehead atoms. The minimum atomic E-state index is -3.45. The molecule has 130 valence electrons. The van der Waals surface area contributed by atoms with Crippen LogP contribution in [0.15, 0.2) is 40.4 Å². The zero-order valence-corrected chi connectivity index (χ0v) is 15.0. The number of hydrogen-bond donors (Lipinski definition) is 1. The predicted octanol–water partition coefficient (Wildman–Crippen LogP) is 2.25. The van der Waals surface area contributed by atoms with E-state index < -0.39 is 10.0 Å². The molecule has 3 rings (SSSR count). The lowest BCUT2D eigenvalue weighted by Crippen LogP contribution is -2.26. The van der Waals surface area contributed by atoms with Crippen LogP contribution >= 0.6 is 11.8 Å². The van der Waals surface area contributed by atoms with E-state index in [-0.39, 0.29) is 4.90 Å². The van der Waals surface area contributed by atoms with Gasteiger partial charge in [0, 0.05) is 12.3 Å². The third-order valence-corrected chi connectivity index (χ3v) is 6.47. The molecule has 0 atom stereocenters. The van der Waals surface area contributed by atoms with Gasteiger partial charge in [-0.2, -0.15) is 0 Å². The molecule has 0 unspecified atom stereocenters. The molecule has 0 amide bonds. The number of aromatic nitrogens is 4. The first kappa shape index (κ1) is 17.4. The van der Waals surface area contributed by atoms with Crippen LogP contribution in [0.5, 0.6) is 0 Å². The average Bonchev–Trinajstić information content (AvgIpc) is 3.09. The zero-order valence-electron chi connectivity index (χ0n) is 13.3. The summed E-state index contributed by atoms with van der Waals surface area (Å²) in [5.41, 5.74) is 0. The Morgan fingerprint density at radius 1 is 1.17 bits per heavy atom. The first-order chi connectivity index (χ1) is 11.7. The Morgan fingerprint density at radius 2 is 1.92 bits per heavy atom. The van der Waals surface area contributed by atoms with Crippen molar-refractivity contribution >= 4 is 21.8 Å². The number of benzene rings is 1. The van der Waals surface area contributed by atoms with Crippen molar-refractivity contribution in [2.45, 2.75) is 48.2 Å². The summed E-state index contributed by atoms with van der Waals surface area (Å²) in [4.78, 5) is 0.280. The molecule has 0 radical (unpaired) electrons. The van der Waals surface area contributed by atoms with E-state index in [4.69, 9.17) is 0 Å². The Morgan fingerprint density at radius 3 is 2.67 bits per heavy atom. The van der Waals surface area contributed by atoms with Crippen molar-refractivity contribution in [2.75, 3.05) is 12.3 Å². The number of nitrogens with zero attached hydrogens (tertiary/aromatic N) is 4. The van der Waals surface area contributed by atoms with Gasteiger partial charge in [0.15, 0.2) is 0 Å². The molecule has 1 saturated carbocycles. The lowest BCUT2D eigenvalue weighted by Gasteiger charge is -2.21. The van der Waals surface area contributed by atoms with Crippen molar-refractivity contribution in [3.8, 4) is 0 Å². The Balaban J connectivity index is 1.51. The fourth-order valence-corrected chi connectivity index (χ4v) is 4.82. The van der Waals surface area contributed by atoms with Crippen molar-refractivity contribution in [3.63, 3.8) is 0 Å². The first-order valence-electron chi connectivity index (χ1n) is 8.12. The number of nitrogens with one attached hydrogen (secondary N) is 1. The summed E-state index contributed by atoms with van der Waals surface area (Å²) in [6.45, 7) is 0.333. The Kier molecular flexibility index (Phi) is 5.85. The van der Waals surface area contributed by atoms with Crippen molar-refractivity contribution in [3.05, 3.63) is 30.3 Å². The maximum Gasteiger partial charge on any atom is 0.240 e. The van der Waals surface area contributed by atoms with Crippen molar-refractivity contribution < 1.29 is 8.42 Å². The van der Waals surface area contributed by atoms with E-state index >= 15 is 0 Å². The minimum absolute atomic E-state index is 0.280. The molecule has 1 aliphatic carbocycles. The highest BCUT2D eigenvalue weighted by Gasteiger charge is 2.20. The van der Waals surface area contributed by atoms with E-state index in [2.05, 4.69) is 20.2 Å². The van der Waals surface area contributed by atoms with Crippen LogP contribution in [0.2, 0.25) is 0 Å². The van der Waals surface area contributed by atoms with Crippen LogP contribution in [-0.4, -0.2) is 40.9 Å². The van der Waals surface area contributed by atoms with E-state index in [1.165, 1.54) is 31.0 Å². The molecule has 1 aromatic carbocycles. The van der Waals surface area contributed by atoms with Gasteiger partial charge in [0.05, 0.1) is 10.9 Å². The number of tetrazole rings is 1. The third kappa shape index (κ3) is 4.34. The number of thioether (sulfide) groups is 1. The van der Waals surface area contributed by atoms with E-state index in [9.17, 15) is 8.42 Å². The van der Waals surface area contributed by atoms with Crippen LogP contribution in [-0.2, 0) is 10.0 Å². The van der Waals surface area contributed by atoms with Gasteiger partial charge in [-0.3, -0.25) is 0 Å². The van der Waals surface area contributed by atoms with E-state index in [0.717, 1.165) is 18.0 Å². The van der Waals surface area contributed by atoms with Crippen LogP contribution in [0.3, 0.4) is 0 Å². The lowest BCUT2D eigenvalue weighted by atomic mass is 9.96. The highest BCUT2D eigenvalue weighted by atomic mass is 32.2. The fraction of sp³-hybridized carbons (Fsp3) is 0.533. The normalized spacial score (nSPS) is 16.3. The van der Waals surface area contributed by atoms with Gasteiger partial charge >= 0.3 is 0 Å². The Hall–Kier alpha value is -1.45. The molecule has 1 fully saturated rings. The molecule has 1 aromatic heterocycles. The van der Waals surface area contributed by atoms with E-state index in [1.807, 2.05) is 4.68 Å². The zero-order chi connectivity index (χ0) is 16.8.